The van der Waals surface area contributed by atoms with Crippen molar-refractivity contribution in [1.29, 1.82) is 0 Å². The highest BCUT2D eigenvalue weighted by atomic mass is 16.3. The zero-order valence-electron chi connectivity index (χ0n) is 11.9. The highest BCUT2D eigenvalue weighted by molar-refractivity contribution is 5.72. The molecule has 2 amide bonds. The average Bonchev–Trinajstić information content (AvgIpc) is 2.28. The number of nitrogens with two attached hydrogens (primary N) is 1. The van der Waals surface area contributed by atoms with Crippen LogP contribution in [-0.4, -0.2) is 52.3 Å². The number of urea groups is 1. The molecule has 0 aromatic rings. The molecular formula is C13H27N3O2. The molecule has 5 heteroatoms. The van der Waals surface area contributed by atoms with Gasteiger partial charge in [-0.2, -0.15) is 0 Å². The first-order chi connectivity index (χ1) is 8.38. The summed E-state index contributed by atoms with van der Waals surface area (Å²) in [6.07, 6.45) is 3.97. The van der Waals surface area contributed by atoms with Crippen molar-refractivity contribution < 1.29 is 9.90 Å². The lowest BCUT2D eigenvalue weighted by molar-refractivity contribution is -0.0857. The van der Waals surface area contributed by atoms with Gasteiger partial charge in [0.05, 0.1) is 5.60 Å². The second-order valence-electron chi connectivity index (χ2n) is 5.66. The molecule has 0 aromatic carbocycles. The van der Waals surface area contributed by atoms with Crippen LogP contribution in [0.25, 0.3) is 0 Å². The van der Waals surface area contributed by atoms with Gasteiger partial charge in [0.15, 0.2) is 0 Å². The average molecular weight is 257 g/mol. The smallest absolute Gasteiger partial charge is 0.316 e. The van der Waals surface area contributed by atoms with Crippen molar-refractivity contribution in [2.24, 2.45) is 5.73 Å². The molecule has 18 heavy (non-hydrogen) atoms. The van der Waals surface area contributed by atoms with Crippen molar-refractivity contribution in [1.82, 2.24) is 9.80 Å². The van der Waals surface area contributed by atoms with Crippen molar-refractivity contribution in [3.05, 3.63) is 0 Å². The van der Waals surface area contributed by atoms with E-state index in [2.05, 4.69) is 4.90 Å². The van der Waals surface area contributed by atoms with Crippen LogP contribution in [0.2, 0.25) is 0 Å². The van der Waals surface area contributed by atoms with E-state index >= 15 is 0 Å². The van der Waals surface area contributed by atoms with E-state index in [1.54, 1.807) is 18.7 Å². The lowest BCUT2D eigenvalue weighted by atomic mass is 10.00. The quantitative estimate of drug-likeness (QED) is 0.781. The fourth-order valence-electron chi connectivity index (χ4n) is 2.78. The Morgan fingerprint density at radius 3 is 2.33 bits per heavy atom. The number of piperidine rings is 1. The van der Waals surface area contributed by atoms with Crippen LogP contribution >= 0.6 is 0 Å². The first kappa shape index (κ1) is 15.2. The number of primary amides is 1. The Bertz CT molecular complexity index is 270. The van der Waals surface area contributed by atoms with Gasteiger partial charge in [-0.3, -0.25) is 4.90 Å². The standard InChI is InChI=1S/C13H27N3O2/c1-4-8-16(12(14)17)11(13(2,3)18)15-9-6-5-7-10-15/h11,18H,4-10H2,1-3H3,(H2,14,17). The summed E-state index contributed by atoms with van der Waals surface area (Å²) in [6.45, 7) is 7.92. The van der Waals surface area contributed by atoms with Crippen molar-refractivity contribution in [3.8, 4) is 0 Å². The molecule has 0 saturated carbocycles. The molecule has 5 nitrogen and oxygen atoms in total. The number of hydrogen-bond donors (Lipinski definition) is 2. The number of carbonyl (C=O) groups excluding carboxylic acids is 1. The molecule has 0 bridgehead atoms. The van der Waals surface area contributed by atoms with E-state index in [0.29, 0.717) is 6.54 Å². The number of rotatable bonds is 5. The van der Waals surface area contributed by atoms with Gasteiger partial charge in [0.25, 0.3) is 0 Å². The minimum absolute atomic E-state index is 0.324. The van der Waals surface area contributed by atoms with Crippen molar-refractivity contribution in [3.63, 3.8) is 0 Å². The number of aliphatic hydroxyl groups is 1. The summed E-state index contributed by atoms with van der Waals surface area (Å²) in [6, 6.07) is -0.449. The van der Waals surface area contributed by atoms with Gasteiger partial charge >= 0.3 is 6.03 Å². The lowest BCUT2D eigenvalue weighted by Gasteiger charge is -2.46. The Morgan fingerprint density at radius 2 is 1.94 bits per heavy atom. The van der Waals surface area contributed by atoms with Crippen LogP contribution in [-0.2, 0) is 0 Å². The Labute approximate surface area is 110 Å². The van der Waals surface area contributed by atoms with E-state index in [0.717, 1.165) is 32.4 Å². The third kappa shape index (κ3) is 3.85. The topological polar surface area (TPSA) is 69.8 Å². The predicted molar refractivity (Wildman–Crippen MR) is 72.1 cm³/mol. The Hall–Kier alpha value is -0.810. The van der Waals surface area contributed by atoms with E-state index in [1.807, 2.05) is 6.92 Å². The van der Waals surface area contributed by atoms with Gasteiger partial charge in [-0.05, 0) is 33.1 Å². The normalized spacial score (nSPS) is 19.6. The summed E-state index contributed by atoms with van der Waals surface area (Å²) in [5, 5.41) is 10.4. The third-order valence-electron chi connectivity index (χ3n) is 3.41. The van der Waals surface area contributed by atoms with Gasteiger partial charge in [-0.25, -0.2) is 4.79 Å². The highest BCUT2D eigenvalue weighted by Gasteiger charge is 2.38. The van der Waals surface area contributed by atoms with Gasteiger partial charge in [0, 0.05) is 19.6 Å². The molecule has 1 rings (SSSR count). The largest absolute Gasteiger partial charge is 0.387 e. The second kappa shape index (κ2) is 6.38. The molecular weight excluding hydrogens is 230 g/mol. The van der Waals surface area contributed by atoms with Gasteiger partial charge in [0.1, 0.15) is 6.17 Å². The SMILES string of the molecule is CCCN(C(N)=O)C(N1CCCCC1)C(C)(C)O. The summed E-state index contributed by atoms with van der Waals surface area (Å²) >= 11 is 0. The van der Waals surface area contributed by atoms with E-state index in [4.69, 9.17) is 5.73 Å². The molecule has 0 aliphatic carbocycles. The fraction of sp³-hybridized carbons (Fsp3) is 0.923. The number of hydrogen-bond acceptors (Lipinski definition) is 3. The van der Waals surface area contributed by atoms with Crippen LogP contribution in [0.1, 0.15) is 46.5 Å². The van der Waals surface area contributed by atoms with Gasteiger partial charge in [-0.1, -0.05) is 13.3 Å². The van der Waals surface area contributed by atoms with Gasteiger partial charge < -0.3 is 15.7 Å². The van der Waals surface area contributed by atoms with E-state index in [1.165, 1.54) is 6.42 Å². The molecule has 3 N–H and O–H groups in total. The van der Waals surface area contributed by atoms with Crippen LogP contribution in [0.15, 0.2) is 0 Å². The summed E-state index contributed by atoms with van der Waals surface area (Å²) in [4.78, 5) is 15.4. The highest BCUT2D eigenvalue weighted by Crippen LogP contribution is 2.23. The first-order valence-corrected chi connectivity index (χ1v) is 6.90. The second-order valence-corrected chi connectivity index (χ2v) is 5.66. The molecule has 1 fully saturated rings. The van der Waals surface area contributed by atoms with E-state index in [9.17, 15) is 9.90 Å². The Kier molecular flexibility index (Phi) is 5.41. The maximum atomic E-state index is 11.6. The molecule has 0 spiro atoms. The van der Waals surface area contributed by atoms with Crippen LogP contribution in [0.5, 0.6) is 0 Å². The molecule has 1 aliphatic heterocycles. The van der Waals surface area contributed by atoms with Crippen LogP contribution in [0.3, 0.4) is 0 Å². The van der Waals surface area contributed by atoms with Crippen molar-refractivity contribution >= 4 is 6.03 Å². The third-order valence-corrected chi connectivity index (χ3v) is 3.41. The van der Waals surface area contributed by atoms with Gasteiger partial charge in [-0.15, -0.1) is 0 Å². The predicted octanol–water partition coefficient (Wildman–Crippen LogP) is 1.36. The molecule has 0 radical (unpaired) electrons. The summed E-state index contributed by atoms with van der Waals surface area (Å²) < 4.78 is 0. The number of nitrogens with zero attached hydrogens (tertiary/aromatic N) is 2. The van der Waals surface area contributed by atoms with Crippen LogP contribution in [0, 0.1) is 0 Å². The van der Waals surface area contributed by atoms with Crippen LogP contribution in [0.4, 0.5) is 4.79 Å². The first-order valence-electron chi connectivity index (χ1n) is 6.90. The zero-order valence-corrected chi connectivity index (χ0v) is 11.9. The summed E-state index contributed by atoms with van der Waals surface area (Å²) in [5.41, 5.74) is 4.51. The molecule has 1 unspecified atom stereocenters. The van der Waals surface area contributed by atoms with Crippen LogP contribution < -0.4 is 5.73 Å². The molecule has 1 heterocycles. The monoisotopic (exact) mass is 257 g/mol. The van der Waals surface area contributed by atoms with Crippen molar-refractivity contribution in [2.45, 2.75) is 58.2 Å². The minimum atomic E-state index is -0.971. The summed E-state index contributed by atoms with van der Waals surface area (Å²) in [5.74, 6) is 0. The maximum Gasteiger partial charge on any atom is 0.316 e. The molecule has 1 saturated heterocycles. The number of likely N-dealkylation sites (tertiary alicyclic amines) is 1. The summed E-state index contributed by atoms with van der Waals surface area (Å²) in [7, 11) is 0. The van der Waals surface area contributed by atoms with E-state index in [-0.39, 0.29) is 6.17 Å². The molecule has 106 valence electrons. The zero-order chi connectivity index (χ0) is 13.8. The lowest BCUT2D eigenvalue weighted by Crippen LogP contribution is -2.63. The number of amides is 2. The molecule has 1 atom stereocenters. The minimum Gasteiger partial charge on any atom is -0.387 e. The van der Waals surface area contributed by atoms with Crippen molar-refractivity contribution in [2.75, 3.05) is 19.6 Å². The maximum absolute atomic E-state index is 11.6. The Balaban J connectivity index is 2.91. The van der Waals surface area contributed by atoms with E-state index < -0.39 is 11.6 Å². The molecule has 1 aliphatic rings. The van der Waals surface area contributed by atoms with Gasteiger partial charge in [0.2, 0.25) is 0 Å². The fourth-order valence-corrected chi connectivity index (χ4v) is 2.78. The Morgan fingerprint density at radius 1 is 1.39 bits per heavy atom. The molecule has 0 aromatic heterocycles. The number of carbonyl (C=O) groups is 1.